The van der Waals surface area contributed by atoms with Crippen molar-refractivity contribution in [1.29, 1.82) is 5.26 Å². The van der Waals surface area contributed by atoms with E-state index in [-0.39, 0.29) is 18.9 Å². The normalized spacial score (nSPS) is 19.1. The fourth-order valence-corrected chi connectivity index (χ4v) is 1.80. The van der Waals surface area contributed by atoms with E-state index in [2.05, 4.69) is 4.98 Å². The summed E-state index contributed by atoms with van der Waals surface area (Å²) in [5, 5.41) is 8.92. The Morgan fingerprint density at radius 1 is 1.65 bits per heavy atom. The molecule has 1 aliphatic heterocycles. The molecule has 6 nitrogen and oxygen atoms in total. The number of anilines is 1. The molecule has 0 saturated carbocycles. The molecule has 2 amide bonds. The number of hydrogen-bond donors (Lipinski definition) is 1. The molecule has 86 valence electrons. The first-order valence-corrected chi connectivity index (χ1v) is 5.08. The predicted molar refractivity (Wildman–Crippen MR) is 58.6 cm³/mol. The van der Waals surface area contributed by atoms with E-state index in [4.69, 9.17) is 11.0 Å². The molecule has 1 aromatic heterocycles. The van der Waals surface area contributed by atoms with Crippen LogP contribution in [0.15, 0.2) is 18.3 Å². The van der Waals surface area contributed by atoms with Crippen molar-refractivity contribution in [3.8, 4) is 6.07 Å². The molecular weight excluding hydrogens is 220 g/mol. The summed E-state index contributed by atoms with van der Waals surface area (Å²) in [6.07, 6.45) is 1.58. The maximum Gasteiger partial charge on any atom is 0.229 e. The Morgan fingerprint density at radius 2 is 2.41 bits per heavy atom. The molecule has 2 heterocycles. The summed E-state index contributed by atoms with van der Waals surface area (Å²) in [6.45, 7) is 0.194. The molecule has 0 spiro atoms. The molecule has 6 heteroatoms. The Morgan fingerprint density at radius 3 is 3.00 bits per heavy atom. The lowest BCUT2D eigenvalue weighted by Gasteiger charge is -2.15. The number of hydrogen-bond acceptors (Lipinski definition) is 4. The highest BCUT2D eigenvalue weighted by atomic mass is 16.2. The largest absolute Gasteiger partial charge is 0.369 e. The topological polar surface area (TPSA) is 100 Å². The summed E-state index contributed by atoms with van der Waals surface area (Å²) in [6, 6.07) is 5.16. The van der Waals surface area contributed by atoms with E-state index in [1.54, 1.807) is 12.1 Å². The van der Waals surface area contributed by atoms with Crippen LogP contribution in [0.1, 0.15) is 12.0 Å². The Kier molecular flexibility index (Phi) is 2.75. The summed E-state index contributed by atoms with van der Waals surface area (Å²) in [5.41, 5.74) is 5.48. The van der Waals surface area contributed by atoms with Crippen molar-refractivity contribution in [2.24, 2.45) is 11.7 Å². The zero-order chi connectivity index (χ0) is 12.4. The van der Waals surface area contributed by atoms with Gasteiger partial charge in [0.1, 0.15) is 6.07 Å². The molecule has 1 aliphatic rings. The van der Waals surface area contributed by atoms with Gasteiger partial charge in [0.05, 0.1) is 11.5 Å². The van der Waals surface area contributed by atoms with Gasteiger partial charge in [-0.3, -0.25) is 14.5 Å². The molecule has 1 fully saturated rings. The third kappa shape index (κ3) is 1.95. The number of rotatable bonds is 2. The van der Waals surface area contributed by atoms with Crippen molar-refractivity contribution in [2.45, 2.75) is 6.42 Å². The number of nitriles is 1. The molecule has 0 aliphatic carbocycles. The lowest BCUT2D eigenvalue weighted by atomic mass is 10.1. The molecule has 17 heavy (non-hydrogen) atoms. The van der Waals surface area contributed by atoms with Gasteiger partial charge in [-0.1, -0.05) is 0 Å². The minimum atomic E-state index is -0.504. The maximum atomic E-state index is 11.7. The van der Waals surface area contributed by atoms with Gasteiger partial charge >= 0.3 is 0 Å². The van der Waals surface area contributed by atoms with E-state index in [1.165, 1.54) is 11.1 Å². The molecular formula is C11H10N4O2. The SMILES string of the molecule is N#Cc1cccnc1N1CC(C(N)=O)CC1=O. The van der Waals surface area contributed by atoms with E-state index in [0.29, 0.717) is 11.4 Å². The highest BCUT2D eigenvalue weighted by Gasteiger charge is 2.35. The van der Waals surface area contributed by atoms with Crippen LogP contribution in [-0.4, -0.2) is 23.3 Å². The summed E-state index contributed by atoms with van der Waals surface area (Å²) in [5.74, 6) is -0.945. The van der Waals surface area contributed by atoms with Crippen LogP contribution in [0.4, 0.5) is 5.82 Å². The quantitative estimate of drug-likeness (QED) is 0.759. The van der Waals surface area contributed by atoms with E-state index >= 15 is 0 Å². The average Bonchev–Trinajstić information content (AvgIpc) is 2.71. The summed E-state index contributed by atoms with van der Waals surface area (Å²) >= 11 is 0. The van der Waals surface area contributed by atoms with Gasteiger partial charge in [-0.05, 0) is 12.1 Å². The fourth-order valence-electron chi connectivity index (χ4n) is 1.80. The zero-order valence-electron chi connectivity index (χ0n) is 8.96. The van der Waals surface area contributed by atoms with Crippen LogP contribution in [-0.2, 0) is 9.59 Å². The number of primary amides is 1. The van der Waals surface area contributed by atoms with E-state index in [0.717, 1.165) is 0 Å². The Labute approximate surface area is 97.7 Å². The second kappa shape index (κ2) is 4.22. The molecule has 0 aromatic carbocycles. The molecule has 1 aromatic rings. The standard InChI is InChI=1S/C11H10N4O2/c12-5-7-2-1-3-14-11(7)15-6-8(10(13)17)4-9(15)16/h1-3,8H,4,6H2,(H2,13,17). The number of pyridine rings is 1. The van der Waals surface area contributed by atoms with Gasteiger partial charge in [0.15, 0.2) is 5.82 Å². The third-order valence-corrected chi connectivity index (χ3v) is 2.69. The van der Waals surface area contributed by atoms with Gasteiger partial charge in [-0.15, -0.1) is 0 Å². The van der Waals surface area contributed by atoms with Crippen LogP contribution in [0, 0.1) is 17.2 Å². The minimum absolute atomic E-state index is 0.0801. The van der Waals surface area contributed by atoms with Gasteiger partial charge in [-0.25, -0.2) is 4.98 Å². The van der Waals surface area contributed by atoms with Gasteiger partial charge in [-0.2, -0.15) is 5.26 Å². The Hall–Kier alpha value is -2.42. The van der Waals surface area contributed by atoms with Gasteiger partial charge in [0.2, 0.25) is 11.8 Å². The van der Waals surface area contributed by atoms with E-state index < -0.39 is 11.8 Å². The van der Waals surface area contributed by atoms with Crippen molar-refractivity contribution in [3.63, 3.8) is 0 Å². The van der Waals surface area contributed by atoms with Gasteiger partial charge < -0.3 is 5.73 Å². The third-order valence-electron chi connectivity index (χ3n) is 2.69. The van der Waals surface area contributed by atoms with Crippen molar-refractivity contribution in [3.05, 3.63) is 23.9 Å². The molecule has 0 bridgehead atoms. The number of nitrogens with zero attached hydrogens (tertiary/aromatic N) is 3. The van der Waals surface area contributed by atoms with E-state index in [9.17, 15) is 9.59 Å². The number of carbonyl (C=O) groups is 2. The van der Waals surface area contributed by atoms with Crippen LogP contribution >= 0.6 is 0 Å². The maximum absolute atomic E-state index is 11.7. The average molecular weight is 230 g/mol. The minimum Gasteiger partial charge on any atom is -0.369 e. The van der Waals surface area contributed by atoms with Crippen molar-refractivity contribution in [2.75, 3.05) is 11.4 Å². The zero-order valence-corrected chi connectivity index (χ0v) is 8.96. The first kappa shape index (κ1) is 11.1. The predicted octanol–water partition coefficient (Wildman–Crippen LogP) is -0.209. The van der Waals surface area contributed by atoms with Crippen molar-refractivity contribution < 1.29 is 9.59 Å². The van der Waals surface area contributed by atoms with Crippen LogP contribution in [0.5, 0.6) is 0 Å². The van der Waals surface area contributed by atoms with Crippen LogP contribution in [0.25, 0.3) is 0 Å². The second-order valence-electron chi connectivity index (χ2n) is 3.79. The summed E-state index contributed by atoms with van der Waals surface area (Å²) < 4.78 is 0. The van der Waals surface area contributed by atoms with Gasteiger partial charge in [0.25, 0.3) is 0 Å². The van der Waals surface area contributed by atoms with E-state index in [1.807, 2.05) is 6.07 Å². The summed E-state index contributed by atoms with van der Waals surface area (Å²) in [7, 11) is 0. The Balaban J connectivity index is 2.33. The molecule has 1 unspecified atom stereocenters. The number of carbonyl (C=O) groups excluding carboxylic acids is 2. The lowest BCUT2D eigenvalue weighted by molar-refractivity contribution is -0.123. The van der Waals surface area contributed by atoms with Crippen molar-refractivity contribution >= 4 is 17.6 Å². The fraction of sp³-hybridized carbons (Fsp3) is 0.273. The molecule has 0 radical (unpaired) electrons. The molecule has 2 rings (SSSR count). The number of nitrogens with two attached hydrogens (primary N) is 1. The summed E-state index contributed by atoms with van der Waals surface area (Å²) in [4.78, 5) is 28.1. The highest BCUT2D eigenvalue weighted by Crippen LogP contribution is 2.25. The Bertz CT molecular complexity index is 520. The van der Waals surface area contributed by atoms with Crippen LogP contribution in [0.3, 0.4) is 0 Å². The van der Waals surface area contributed by atoms with Crippen LogP contribution in [0.2, 0.25) is 0 Å². The highest BCUT2D eigenvalue weighted by molar-refractivity contribution is 6.00. The lowest BCUT2D eigenvalue weighted by Crippen LogP contribution is -2.29. The van der Waals surface area contributed by atoms with Crippen molar-refractivity contribution in [1.82, 2.24) is 4.98 Å². The number of amides is 2. The first-order chi connectivity index (χ1) is 8.13. The smallest absolute Gasteiger partial charge is 0.229 e. The van der Waals surface area contributed by atoms with Gasteiger partial charge in [0, 0.05) is 19.2 Å². The first-order valence-electron chi connectivity index (χ1n) is 5.08. The monoisotopic (exact) mass is 230 g/mol. The van der Waals surface area contributed by atoms with Crippen LogP contribution < -0.4 is 10.6 Å². The molecule has 1 saturated heterocycles. The number of aromatic nitrogens is 1. The molecule has 2 N–H and O–H groups in total. The second-order valence-corrected chi connectivity index (χ2v) is 3.79. The molecule has 1 atom stereocenters.